The number of nitrogens with zero attached hydrogens (tertiary/aromatic N) is 1. The van der Waals surface area contributed by atoms with Gasteiger partial charge in [0.05, 0.1) is 12.8 Å². The van der Waals surface area contributed by atoms with Crippen molar-refractivity contribution in [3.05, 3.63) is 24.5 Å². The van der Waals surface area contributed by atoms with Crippen LogP contribution >= 0.6 is 19.4 Å². The number of carbonyl (C=O) groups is 1. The van der Waals surface area contributed by atoms with Crippen LogP contribution in [0.3, 0.4) is 0 Å². The normalized spacial score (nSPS) is 14.8. The molecule has 0 amide bonds. The van der Waals surface area contributed by atoms with Crippen LogP contribution in [-0.2, 0) is 13.9 Å². The molecule has 1 aromatic heterocycles. The van der Waals surface area contributed by atoms with Gasteiger partial charge < -0.3 is 4.52 Å². The lowest BCUT2D eigenvalue weighted by Gasteiger charge is -2.35. The molecule has 1 rings (SSSR count). The smallest absolute Gasteiger partial charge is 0.419 e. The summed E-state index contributed by atoms with van der Waals surface area (Å²) in [7, 11) is -4.84. The molecule has 1 aromatic rings. The minimum atomic E-state index is -4.84. The molecule has 0 aromatic carbocycles. The predicted octanol–water partition coefficient (Wildman–Crippen LogP) is 5.37. The van der Waals surface area contributed by atoms with Gasteiger partial charge in [-0.2, -0.15) is 8.78 Å². The molecule has 142 valence electrons. The Labute approximate surface area is 151 Å². The van der Waals surface area contributed by atoms with E-state index in [9.17, 15) is 18.1 Å². The number of pyridine rings is 1. The molecule has 1 unspecified atom stereocenters. The van der Waals surface area contributed by atoms with E-state index < -0.39 is 18.7 Å². The second kappa shape index (κ2) is 9.10. The third-order valence-corrected chi connectivity index (χ3v) is 6.40. The Bertz CT molecular complexity index is 608. The summed E-state index contributed by atoms with van der Waals surface area (Å²) < 4.78 is 52.5. The highest BCUT2D eigenvalue weighted by Gasteiger charge is 2.62. The first-order valence-corrected chi connectivity index (χ1v) is 10.4. The fourth-order valence-electron chi connectivity index (χ4n) is 1.70. The third kappa shape index (κ3) is 6.04. The van der Waals surface area contributed by atoms with Crippen LogP contribution in [0.2, 0.25) is 0 Å². The fourth-order valence-corrected chi connectivity index (χ4v) is 4.44. The summed E-state index contributed by atoms with van der Waals surface area (Å²) in [6.07, 6.45) is 3.73. The summed E-state index contributed by atoms with van der Waals surface area (Å²) in [5.74, 6) is 0.0591. The number of rotatable bonds is 9. The summed E-state index contributed by atoms with van der Waals surface area (Å²) in [5, 5.41) is -0.0586. The fraction of sp³-hybridized carbons (Fsp3) is 0.625. The molecule has 0 radical (unpaired) electrons. The van der Waals surface area contributed by atoms with Crippen LogP contribution < -0.4 is 4.52 Å². The number of thioether (sulfide) groups is 1. The molecule has 0 aliphatic rings. The van der Waals surface area contributed by atoms with Crippen LogP contribution in [0.1, 0.15) is 40.5 Å². The van der Waals surface area contributed by atoms with Crippen LogP contribution in [0.5, 0.6) is 5.75 Å². The second-order valence-corrected chi connectivity index (χ2v) is 9.52. The van der Waals surface area contributed by atoms with E-state index in [2.05, 4.69) is 4.98 Å². The van der Waals surface area contributed by atoms with Gasteiger partial charge in [-0.1, -0.05) is 39.5 Å². The van der Waals surface area contributed by atoms with Gasteiger partial charge in [0.15, 0.2) is 5.12 Å². The van der Waals surface area contributed by atoms with Gasteiger partial charge in [0, 0.05) is 23.8 Å². The zero-order chi connectivity index (χ0) is 19.1. The highest BCUT2D eigenvalue weighted by Crippen LogP contribution is 2.67. The summed E-state index contributed by atoms with van der Waals surface area (Å²) in [6.45, 7) is 5.36. The van der Waals surface area contributed by atoms with Gasteiger partial charge in [-0.25, -0.2) is 4.57 Å². The molecule has 0 N–H and O–H groups in total. The molecule has 1 heterocycles. The second-order valence-electron chi connectivity index (χ2n) is 6.37. The van der Waals surface area contributed by atoms with Gasteiger partial charge in [0.1, 0.15) is 5.75 Å². The van der Waals surface area contributed by atoms with Gasteiger partial charge in [0.2, 0.25) is 0 Å². The van der Waals surface area contributed by atoms with E-state index in [-0.39, 0.29) is 23.2 Å². The number of alkyl halides is 2. The Balaban J connectivity index is 2.89. The summed E-state index contributed by atoms with van der Waals surface area (Å²) in [6, 6.07) is 2.86. The van der Waals surface area contributed by atoms with Crippen molar-refractivity contribution in [1.82, 2.24) is 4.98 Å². The first-order valence-electron chi connectivity index (χ1n) is 7.91. The lowest BCUT2D eigenvalue weighted by atomic mass is 9.97. The van der Waals surface area contributed by atoms with Crippen LogP contribution in [-0.4, -0.2) is 28.1 Å². The molecule has 0 aliphatic carbocycles. The SMILES string of the molecule is CCCC(=O)SCCOP(=O)(Oc1cccnc1)C(F)(F)C(C)(C)C. The van der Waals surface area contributed by atoms with Gasteiger partial charge in [-0.3, -0.25) is 14.3 Å². The molecule has 1 atom stereocenters. The molecular formula is C16H24F2NO4PS. The minimum absolute atomic E-state index is 0.0586. The maximum Gasteiger partial charge on any atom is 0.448 e. The number of hydrogen-bond acceptors (Lipinski definition) is 6. The zero-order valence-electron chi connectivity index (χ0n) is 14.8. The van der Waals surface area contributed by atoms with Gasteiger partial charge in [0.25, 0.3) is 0 Å². The lowest BCUT2D eigenvalue weighted by Crippen LogP contribution is -2.36. The molecule has 5 nitrogen and oxygen atoms in total. The topological polar surface area (TPSA) is 65.5 Å². The van der Waals surface area contributed by atoms with Crippen LogP contribution in [0, 0.1) is 5.41 Å². The average molecular weight is 395 g/mol. The zero-order valence-corrected chi connectivity index (χ0v) is 16.5. The van der Waals surface area contributed by atoms with E-state index in [1.165, 1.54) is 45.3 Å². The maximum absolute atomic E-state index is 14.8. The molecule has 0 spiro atoms. The number of carbonyl (C=O) groups excluding carboxylic acids is 1. The first-order chi connectivity index (χ1) is 11.5. The summed E-state index contributed by atoms with van der Waals surface area (Å²) >= 11 is 0.968. The van der Waals surface area contributed by atoms with Crippen LogP contribution in [0.15, 0.2) is 24.5 Å². The molecule has 0 fully saturated rings. The average Bonchev–Trinajstić information content (AvgIpc) is 2.51. The van der Waals surface area contributed by atoms with Crippen molar-refractivity contribution in [1.29, 1.82) is 0 Å². The lowest BCUT2D eigenvalue weighted by molar-refractivity contribution is -0.111. The highest BCUT2D eigenvalue weighted by atomic mass is 32.2. The van der Waals surface area contributed by atoms with E-state index in [0.29, 0.717) is 12.8 Å². The predicted molar refractivity (Wildman–Crippen MR) is 95.2 cm³/mol. The quantitative estimate of drug-likeness (QED) is 0.414. The van der Waals surface area contributed by atoms with E-state index in [1.54, 1.807) is 0 Å². The largest absolute Gasteiger partial charge is 0.448 e. The minimum Gasteiger partial charge on any atom is -0.419 e. The van der Waals surface area contributed by atoms with Gasteiger partial charge >= 0.3 is 13.3 Å². The summed E-state index contributed by atoms with van der Waals surface area (Å²) in [4.78, 5) is 15.2. The van der Waals surface area contributed by atoms with Crippen molar-refractivity contribution < 1.29 is 27.2 Å². The van der Waals surface area contributed by atoms with Gasteiger partial charge in [-0.15, -0.1) is 0 Å². The van der Waals surface area contributed by atoms with E-state index in [0.717, 1.165) is 11.8 Å². The van der Waals surface area contributed by atoms with E-state index in [1.807, 2.05) is 6.92 Å². The van der Waals surface area contributed by atoms with Crippen molar-refractivity contribution in [3.63, 3.8) is 0 Å². The Hall–Kier alpha value is -0.980. The first kappa shape index (κ1) is 22.1. The molecular weight excluding hydrogens is 371 g/mol. The Morgan fingerprint density at radius 1 is 1.36 bits per heavy atom. The molecule has 25 heavy (non-hydrogen) atoms. The summed E-state index contributed by atoms with van der Waals surface area (Å²) in [5.41, 5.74) is -5.37. The Morgan fingerprint density at radius 2 is 2.04 bits per heavy atom. The van der Waals surface area contributed by atoms with Gasteiger partial charge in [-0.05, 0) is 18.6 Å². The van der Waals surface area contributed by atoms with Crippen molar-refractivity contribution in [2.45, 2.75) is 46.2 Å². The molecule has 0 saturated carbocycles. The number of aromatic nitrogens is 1. The Kier molecular flexibility index (Phi) is 8.03. The third-order valence-electron chi connectivity index (χ3n) is 3.17. The molecule has 0 saturated heterocycles. The van der Waals surface area contributed by atoms with Crippen LogP contribution in [0.4, 0.5) is 8.78 Å². The van der Waals surface area contributed by atoms with E-state index in [4.69, 9.17) is 9.05 Å². The monoisotopic (exact) mass is 395 g/mol. The van der Waals surface area contributed by atoms with E-state index >= 15 is 0 Å². The highest BCUT2D eigenvalue weighted by molar-refractivity contribution is 8.13. The molecule has 0 aliphatic heterocycles. The van der Waals surface area contributed by atoms with Crippen molar-refractivity contribution in [3.8, 4) is 5.75 Å². The number of hydrogen-bond donors (Lipinski definition) is 0. The van der Waals surface area contributed by atoms with Crippen molar-refractivity contribution in [2.75, 3.05) is 12.4 Å². The standard InChI is InChI=1S/C16H24F2NO4PS/c1-5-7-14(20)25-11-10-22-24(21,16(17,18)15(2,3)4)23-13-8-6-9-19-12-13/h6,8-9,12H,5,7,10-11H2,1-4H3. The molecule has 0 bridgehead atoms. The van der Waals surface area contributed by atoms with Crippen molar-refractivity contribution >= 4 is 24.5 Å². The number of halogens is 2. The van der Waals surface area contributed by atoms with Crippen LogP contribution in [0.25, 0.3) is 0 Å². The van der Waals surface area contributed by atoms with Crippen molar-refractivity contribution in [2.24, 2.45) is 5.41 Å². The Morgan fingerprint density at radius 3 is 2.56 bits per heavy atom. The molecule has 9 heteroatoms. The maximum atomic E-state index is 14.8.